The van der Waals surface area contributed by atoms with Crippen LogP contribution in [-0.4, -0.2) is 33.5 Å². The lowest BCUT2D eigenvalue weighted by molar-refractivity contribution is 0.0481. The molecule has 17 heavy (non-hydrogen) atoms. The monoisotopic (exact) mass is 243 g/mol. The smallest absolute Gasteiger partial charge is 0.122 e. The van der Waals surface area contributed by atoms with Crippen molar-refractivity contribution in [3.05, 3.63) is 23.7 Å². The Labute approximate surface area is 102 Å². The second-order valence-corrected chi connectivity index (χ2v) is 3.58. The Hall–Kier alpha value is -0.880. The highest BCUT2D eigenvalue weighted by Gasteiger charge is 2.03. The van der Waals surface area contributed by atoms with E-state index in [0.717, 1.165) is 17.7 Å². The Morgan fingerprint density at radius 2 is 2.00 bits per heavy atom. The van der Waals surface area contributed by atoms with E-state index >= 15 is 0 Å². The summed E-state index contributed by atoms with van der Waals surface area (Å²) >= 11 is 0. The third-order valence-electron chi connectivity index (χ3n) is 2.29. The molecule has 98 valence electrons. The maximum absolute atomic E-state index is 5.51. The molecule has 0 aromatic carbocycles. The normalized spacial score (nSPS) is 10.9. The van der Waals surface area contributed by atoms with Gasteiger partial charge in [-0.15, -0.1) is 0 Å². The molecule has 0 aliphatic rings. The molecule has 0 saturated carbocycles. The van der Waals surface area contributed by atoms with Crippen molar-refractivity contribution >= 4 is 0 Å². The van der Waals surface area contributed by atoms with Crippen LogP contribution < -0.4 is 5.73 Å². The van der Waals surface area contributed by atoms with E-state index in [9.17, 15) is 0 Å². The van der Waals surface area contributed by atoms with E-state index in [4.69, 9.17) is 24.4 Å². The lowest BCUT2D eigenvalue weighted by Gasteiger charge is -2.05. The predicted molar refractivity (Wildman–Crippen MR) is 63.6 cm³/mol. The zero-order valence-corrected chi connectivity index (χ0v) is 10.3. The first kappa shape index (κ1) is 14.2. The van der Waals surface area contributed by atoms with Gasteiger partial charge in [0.2, 0.25) is 0 Å². The molecule has 0 aliphatic carbocycles. The van der Waals surface area contributed by atoms with Gasteiger partial charge in [0.05, 0.1) is 32.6 Å². The molecule has 1 aromatic heterocycles. The summed E-state index contributed by atoms with van der Waals surface area (Å²) in [6.07, 6.45) is 2.51. The zero-order chi connectivity index (χ0) is 12.3. The molecule has 0 amide bonds. The Morgan fingerprint density at radius 1 is 1.18 bits per heavy atom. The highest BCUT2D eigenvalue weighted by atomic mass is 16.5. The molecular formula is C12H21NO4. The first-order chi connectivity index (χ1) is 8.38. The summed E-state index contributed by atoms with van der Waals surface area (Å²) in [5.74, 6) is 0.793. The van der Waals surface area contributed by atoms with Crippen LogP contribution in [0.5, 0.6) is 0 Å². The summed E-state index contributed by atoms with van der Waals surface area (Å²) in [7, 11) is 1.66. The van der Waals surface area contributed by atoms with E-state index < -0.39 is 0 Å². The Bertz CT molecular complexity index is 288. The predicted octanol–water partition coefficient (Wildman–Crippen LogP) is 1.31. The van der Waals surface area contributed by atoms with Gasteiger partial charge in [-0.1, -0.05) is 0 Å². The summed E-state index contributed by atoms with van der Waals surface area (Å²) in [6.45, 7) is 3.58. The maximum atomic E-state index is 5.51. The summed E-state index contributed by atoms with van der Waals surface area (Å²) in [5, 5.41) is 0. The number of nitrogens with two attached hydrogens (primary N) is 1. The molecule has 0 fully saturated rings. The van der Waals surface area contributed by atoms with Gasteiger partial charge >= 0.3 is 0 Å². The minimum absolute atomic E-state index is 0.409. The molecule has 0 spiro atoms. The van der Waals surface area contributed by atoms with E-state index in [1.54, 1.807) is 13.4 Å². The van der Waals surface area contributed by atoms with Crippen molar-refractivity contribution in [2.45, 2.75) is 19.6 Å². The fourth-order valence-corrected chi connectivity index (χ4v) is 1.36. The van der Waals surface area contributed by atoms with Crippen LogP contribution in [0.3, 0.4) is 0 Å². The summed E-state index contributed by atoms with van der Waals surface area (Å²) in [5.41, 5.74) is 6.53. The van der Waals surface area contributed by atoms with Crippen molar-refractivity contribution < 1.29 is 18.6 Å². The number of hydrogen-bond donors (Lipinski definition) is 1. The largest absolute Gasteiger partial charge is 0.468 e. The Kier molecular flexibility index (Phi) is 7.66. The van der Waals surface area contributed by atoms with Crippen LogP contribution in [0.1, 0.15) is 17.7 Å². The van der Waals surface area contributed by atoms with Crippen molar-refractivity contribution in [2.24, 2.45) is 5.73 Å². The molecule has 0 radical (unpaired) electrons. The topological polar surface area (TPSA) is 66.8 Å². The van der Waals surface area contributed by atoms with Gasteiger partial charge in [-0.3, -0.25) is 0 Å². The summed E-state index contributed by atoms with van der Waals surface area (Å²) in [4.78, 5) is 0. The number of furan rings is 1. The second-order valence-electron chi connectivity index (χ2n) is 3.58. The SMILES string of the molecule is COCCOCCCOCc1ccoc1CN. The van der Waals surface area contributed by atoms with Gasteiger partial charge in [0.25, 0.3) is 0 Å². The number of hydrogen-bond acceptors (Lipinski definition) is 5. The average molecular weight is 243 g/mol. The molecule has 1 heterocycles. The summed E-state index contributed by atoms with van der Waals surface area (Å²) < 4.78 is 20.9. The number of methoxy groups -OCH3 is 1. The van der Waals surface area contributed by atoms with Crippen molar-refractivity contribution in [2.75, 3.05) is 33.5 Å². The van der Waals surface area contributed by atoms with Crippen molar-refractivity contribution in [3.63, 3.8) is 0 Å². The van der Waals surface area contributed by atoms with Gasteiger partial charge < -0.3 is 24.4 Å². The van der Waals surface area contributed by atoms with Crippen LogP contribution in [0.4, 0.5) is 0 Å². The lowest BCUT2D eigenvalue weighted by atomic mass is 10.2. The van der Waals surface area contributed by atoms with Gasteiger partial charge in [0, 0.05) is 25.9 Å². The summed E-state index contributed by atoms with van der Waals surface area (Å²) in [6, 6.07) is 1.89. The van der Waals surface area contributed by atoms with Gasteiger partial charge in [0.15, 0.2) is 0 Å². The molecule has 5 heteroatoms. The van der Waals surface area contributed by atoms with Crippen LogP contribution in [0, 0.1) is 0 Å². The van der Waals surface area contributed by atoms with E-state index in [1.165, 1.54) is 0 Å². The van der Waals surface area contributed by atoms with Gasteiger partial charge in [-0.2, -0.15) is 0 Å². The molecule has 5 nitrogen and oxygen atoms in total. The third-order valence-corrected chi connectivity index (χ3v) is 2.29. The number of ether oxygens (including phenoxy) is 3. The Balaban J connectivity index is 1.97. The maximum Gasteiger partial charge on any atom is 0.122 e. The highest BCUT2D eigenvalue weighted by Crippen LogP contribution is 2.10. The van der Waals surface area contributed by atoms with Crippen LogP contribution in [0.2, 0.25) is 0 Å². The minimum atomic E-state index is 0.409. The first-order valence-corrected chi connectivity index (χ1v) is 5.78. The molecular weight excluding hydrogens is 222 g/mol. The quantitative estimate of drug-likeness (QED) is 0.627. The van der Waals surface area contributed by atoms with E-state index in [2.05, 4.69) is 0 Å². The van der Waals surface area contributed by atoms with Crippen molar-refractivity contribution in [3.8, 4) is 0 Å². The molecule has 0 aliphatic heterocycles. The Morgan fingerprint density at radius 3 is 2.76 bits per heavy atom. The van der Waals surface area contributed by atoms with Crippen molar-refractivity contribution in [1.29, 1.82) is 0 Å². The van der Waals surface area contributed by atoms with Crippen LogP contribution in [0.25, 0.3) is 0 Å². The molecule has 0 saturated heterocycles. The van der Waals surface area contributed by atoms with Crippen molar-refractivity contribution in [1.82, 2.24) is 0 Å². The fourth-order valence-electron chi connectivity index (χ4n) is 1.36. The van der Waals surface area contributed by atoms with Crippen LogP contribution in [-0.2, 0) is 27.4 Å². The van der Waals surface area contributed by atoms with Crippen LogP contribution >= 0.6 is 0 Å². The molecule has 2 N–H and O–H groups in total. The molecule has 0 unspecified atom stereocenters. The lowest BCUT2D eigenvalue weighted by Crippen LogP contribution is -2.06. The third kappa shape index (κ3) is 5.83. The van der Waals surface area contributed by atoms with E-state index in [1.807, 2.05) is 6.07 Å². The molecule has 0 atom stereocenters. The average Bonchev–Trinajstić information content (AvgIpc) is 2.80. The number of rotatable bonds is 10. The second kappa shape index (κ2) is 9.18. The molecule has 1 aromatic rings. The van der Waals surface area contributed by atoms with Crippen LogP contribution in [0.15, 0.2) is 16.7 Å². The fraction of sp³-hybridized carbons (Fsp3) is 0.667. The van der Waals surface area contributed by atoms with E-state index in [0.29, 0.717) is 39.6 Å². The standard InChI is InChI=1S/C12H21NO4/c1-14-7-8-15-4-2-5-16-10-11-3-6-17-12(11)9-13/h3,6H,2,4-5,7-10,13H2,1H3. The molecule has 0 bridgehead atoms. The minimum Gasteiger partial charge on any atom is -0.468 e. The highest BCUT2D eigenvalue weighted by molar-refractivity contribution is 5.15. The first-order valence-electron chi connectivity index (χ1n) is 5.78. The van der Waals surface area contributed by atoms with Gasteiger partial charge in [0.1, 0.15) is 5.76 Å². The molecule has 1 rings (SSSR count). The van der Waals surface area contributed by atoms with Gasteiger partial charge in [-0.05, 0) is 12.5 Å². The zero-order valence-electron chi connectivity index (χ0n) is 10.3. The van der Waals surface area contributed by atoms with E-state index in [-0.39, 0.29) is 0 Å². The van der Waals surface area contributed by atoms with Gasteiger partial charge in [-0.25, -0.2) is 0 Å².